The highest BCUT2D eigenvalue weighted by Gasteiger charge is 2.54. The van der Waals surface area contributed by atoms with Gasteiger partial charge in [-0.2, -0.15) is 0 Å². The minimum atomic E-state index is -4.01. The van der Waals surface area contributed by atoms with E-state index in [2.05, 4.69) is 4.98 Å². The maximum Gasteiger partial charge on any atom is 0.266 e. The molecule has 0 atom stereocenters. The molecule has 2 N–H and O–H groups in total. The summed E-state index contributed by atoms with van der Waals surface area (Å²) in [7, 11) is -4.01. The maximum absolute atomic E-state index is 13.3. The Hall–Kier alpha value is -1.69. The Morgan fingerprint density at radius 1 is 1.33 bits per heavy atom. The standard InChI is InChI=1S/C19H27F2N3O5S/c1-18(20,21)12-14-2-3-16(22-13-14)15-4-8-24(9-5-15)30(27,28)19(17(25)23-26)6-10-29-11-7-19/h2-3,13,15,26H,4-12H2,1H3,(H,23,25). The zero-order chi connectivity index (χ0) is 22.0. The summed E-state index contributed by atoms with van der Waals surface area (Å²) in [5, 5.41) is 9.12. The van der Waals surface area contributed by atoms with E-state index >= 15 is 0 Å². The molecule has 1 aromatic rings. The molecule has 0 radical (unpaired) electrons. The van der Waals surface area contributed by atoms with Crippen molar-refractivity contribution >= 4 is 15.9 Å². The monoisotopic (exact) mass is 447 g/mol. The van der Waals surface area contributed by atoms with Crippen LogP contribution in [0.5, 0.6) is 0 Å². The lowest BCUT2D eigenvalue weighted by molar-refractivity contribution is -0.134. The van der Waals surface area contributed by atoms with Gasteiger partial charge >= 0.3 is 0 Å². The second-order valence-corrected chi connectivity index (χ2v) is 10.3. The Kier molecular flexibility index (Phi) is 6.75. The number of ether oxygens (including phenoxy) is 1. The number of hydroxylamine groups is 1. The lowest BCUT2D eigenvalue weighted by atomic mass is 9.93. The lowest BCUT2D eigenvalue weighted by Gasteiger charge is -2.40. The van der Waals surface area contributed by atoms with E-state index in [1.807, 2.05) is 0 Å². The van der Waals surface area contributed by atoms with Crippen molar-refractivity contribution in [2.24, 2.45) is 0 Å². The van der Waals surface area contributed by atoms with Crippen LogP contribution in [0.2, 0.25) is 0 Å². The molecule has 0 saturated carbocycles. The van der Waals surface area contributed by atoms with E-state index in [9.17, 15) is 22.0 Å². The Morgan fingerprint density at radius 3 is 2.47 bits per heavy atom. The number of rotatable bonds is 6. The van der Waals surface area contributed by atoms with Gasteiger partial charge in [0.25, 0.3) is 5.91 Å². The average Bonchev–Trinajstić information content (AvgIpc) is 2.73. The second kappa shape index (κ2) is 8.81. The molecule has 0 aromatic carbocycles. The number of amides is 1. The molecule has 11 heteroatoms. The van der Waals surface area contributed by atoms with Crippen LogP contribution in [0.25, 0.3) is 0 Å². The van der Waals surface area contributed by atoms with Gasteiger partial charge in [-0.3, -0.25) is 15.0 Å². The highest BCUT2D eigenvalue weighted by atomic mass is 32.2. The first kappa shape index (κ1) is 23.0. The summed E-state index contributed by atoms with van der Waals surface area (Å²) in [6.45, 7) is 1.53. The fourth-order valence-corrected chi connectivity index (χ4v) is 6.33. The van der Waals surface area contributed by atoms with E-state index in [4.69, 9.17) is 9.94 Å². The first-order valence-corrected chi connectivity index (χ1v) is 11.4. The van der Waals surface area contributed by atoms with Crippen LogP contribution in [0.3, 0.4) is 0 Å². The molecular weight excluding hydrogens is 420 g/mol. The number of hydrogen-bond acceptors (Lipinski definition) is 6. The van der Waals surface area contributed by atoms with Gasteiger partial charge < -0.3 is 4.74 Å². The Labute approximate surface area is 174 Å². The van der Waals surface area contributed by atoms with E-state index < -0.39 is 26.6 Å². The summed E-state index contributed by atoms with van der Waals surface area (Å²) >= 11 is 0. The molecule has 1 aromatic heterocycles. The fourth-order valence-electron chi connectivity index (χ4n) is 4.18. The zero-order valence-electron chi connectivity index (χ0n) is 16.8. The highest BCUT2D eigenvalue weighted by Crippen LogP contribution is 2.36. The first-order valence-electron chi connectivity index (χ1n) is 9.94. The number of nitrogens with one attached hydrogen (secondary N) is 1. The van der Waals surface area contributed by atoms with Gasteiger partial charge in [0.15, 0.2) is 4.75 Å². The van der Waals surface area contributed by atoms with Crippen molar-refractivity contribution in [3.05, 3.63) is 29.6 Å². The number of halogens is 2. The van der Waals surface area contributed by atoms with Crippen molar-refractivity contribution in [3.63, 3.8) is 0 Å². The smallest absolute Gasteiger partial charge is 0.266 e. The topological polar surface area (TPSA) is 109 Å². The van der Waals surface area contributed by atoms with E-state index in [0.29, 0.717) is 18.4 Å². The average molecular weight is 448 g/mol. The SMILES string of the molecule is CC(F)(F)Cc1ccc(C2CCN(S(=O)(=O)C3(C(=O)NO)CCOCC3)CC2)nc1. The molecule has 168 valence electrons. The number of sulfonamides is 1. The van der Waals surface area contributed by atoms with Gasteiger partial charge in [0.05, 0.1) is 0 Å². The number of pyridine rings is 1. The Bertz CT molecular complexity index is 844. The highest BCUT2D eigenvalue weighted by molar-refractivity contribution is 7.91. The van der Waals surface area contributed by atoms with Gasteiger partial charge in [-0.1, -0.05) is 6.07 Å². The van der Waals surface area contributed by atoms with E-state index in [1.165, 1.54) is 16.0 Å². The van der Waals surface area contributed by atoms with E-state index in [0.717, 1.165) is 12.6 Å². The maximum atomic E-state index is 13.3. The summed E-state index contributed by atoms with van der Waals surface area (Å²) in [5.41, 5.74) is 2.70. The third-order valence-corrected chi connectivity index (χ3v) is 8.51. The van der Waals surface area contributed by atoms with Crippen molar-refractivity contribution in [1.82, 2.24) is 14.8 Å². The molecule has 2 aliphatic heterocycles. The van der Waals surface area contributed by atoms with Gasteiger partial charge in [0, 0.05) is 63.4 Å². The quantitative estimate of drug-likeness (QED) is 0.509. The predicted molar refractivity (Wildman–Crippen MR) is 104 cm³/mol. The van der Waals surface area contributed by atoms with Crippen LogP contribution >= 0.6 is 0 Å². The molecule has 3 rings (SSSR count). The van der Waals surface area contributed by atoms with Crippen molar-refractivity contribution < 1.29 is 31.9 Å². The van der Waals surface area contributed by atoms with Crippen molar-refractivity contribution in [3.8, 4) is 0 Å². The van der Waals surface area contributed by atoms with E-state index in [-0.39, 0.29) is 51.5 Å². The van der Waals surface area contributed by atoms with Crippen LogP contribution in [0, 0.1) is 0 Å². The zero-order valence-corrected chi connectivity index (χ0v) is 17.6. The summed E-state index contributed by atoms with van der Waals surface area (Å²) < 4.78 is 57.7. The molecule has 0 spiro atoms. The third-order valence-electron chi connectivity index (χ3n) is 5.88. The van der Waals surface area contributed by atoms with Gasteiger partial charge in [0.2, 0.25) is 15.9 Å². The molecule has 2 saturated heterocycles. The van der Waals surface area contributed by atoms with Gasteiger partial charge in [-0.25, -0.2) is 27.0 Å². The molecular formula is C19H27F2N3O5S. The van der Waals surface area contributed by atoms with Crippen LogP contribution < -0.4 is 5.48 Å². The largest absolute Gasteiger partial charge is 0.381 e. The minimum absolute atomic E-state index is 0.00458. The molecule has 0 bridgehead atoms. The van der Waals surface area contributed by atoms with E-state index in [1.54, 1.807) is 12.1 Å². The van der Waals surface area contributed by atoms with Crippen LogP contribution in [0.4, 0.5) is 8.78 Å². The number of carbonyl (C=O) groups excluding carboxylic acids is 1. The van der Waals surface area contributed by atoms with Crippen LogP contribution in [-0.4, -0.2) is 65.8 Å². The van der Waals surface area contributed by atoms with Crippen LogP contribution in [0.1, 0.15) is 49.8 Å². The summed E-state index contributed by atoms with van der Waals surface area (Å²) in [6, 6.07) is 3.35. The number of nitrogens with zero attached hydrogens (tertiary/aromatic N) is 2. The molecule has 8 nitrogen and oxygen atoms in total. The number of carbonyl (C=O) groups is 1. The fraction of sp³-hybridized carbons (Fsp3) is 0.684. The number of aromatic nitrogens is 1. The number of piperidine rings is 1. The minimum Gasteiger partial charge on any atom is -0.381 e. The molecule has 2 fully saturated rings. The Balaban J connectivity index is 1.69. The van der Waals surface area contributed by atoms with Gasteiger partial charge in [-0.15, -0.1) is 0 Å². The second-order valence-electron chi connectivity index (χ2n) is 8.06. The summed E-state index contributed by atoms with van der Waals surface area (Å²) in [4.78, 5) is 16.6. The first-order chi connectivity index (χ1) is 14.1. The van der Waals surface area contributed by atoms with Gasteiger partial charge in [0.1, 0.15) is 0 Å². The molecule has 2 aliphatic rings. The molecule has 3 heterocycles. The van der Waals surface area contributed by atoms with Crippen LogP contribution in [-0.2, 0) is 26.0 Å². The molecule has 0 unspecified atom stereocenters. The number of alkyl halides is 2. The molecule has 30 heavy (non-hydrogen) atoms. The van der Waals surface area contributed by atoms with Crippen LogP contribution in [0.15, 0.2) is 18.3 Å². The molecule has 0 aliphatic carbocycles. The lowest BCUT2D eigenvalue weighted by Crippen LogP contribution is -2.60. The number of hydrogen-bond donors (Lipinski definition) is 2. The predicted octanol–water partition coefficient (Wildman–Crippen LogP) is 1.84. The van der Waals surface area contributed by atoms with Gasteiger partial charge in [-0.05, 0) is 31.4 Å². The van der Waals surface area contributed by atoms with Crippen molar-refractivity contribution in [1.29, 1.82) is 0 Å². The Morgan fingerprint density at radius 2 is 1.97 bits per heavy atom. The summed E-state index contributed by atoms with van der Waals surface area (Å²) in [6.07, 6.45) is 2.03. The third kappa shape index (κ3) is 4.63. The van der Waals surface area contributed by atoms with Crippen molar-refractivity contribution in [2.45, 2.75) is 55.6 Å². The molecule has 1 amide bonds. The van der Waals surface area contributed by atoms with Crippen molar-refractivity contribution in [2.75, 3.05) is 26.3 Å². The normalized spacial score (nSPS) is 21.3. The summed E-state index contributed by atoms with van der Waals surface area (Å²) in [5.74, 6) is -3.73.